The molecule has 2 heterocycles. The van der Waals surface area contributed by atoms with Gasteiger partial charge in [-0.2, -0.15) is 11.3 Å². The highest BCUT2D eigenvalue weighted by molar-refractivity contribution is 7.99. The number of benzene rings is 1. The molecule has 2 aromatic heterocycles. The van der Waals surface area contributed by atoms with Crippen molar-refractivity contribution in [1.82, 2.24) is 14.8 Å². The van der Waals surface area contributed by atoms with Crippen molar-refractivity contribution < 1.29 is 4.79 Å². The van der Waals surface area contributed by atoms with Gasteiger partial charge >= 0.3 is 0 Å². The number of carbonyl (C=O) groups is 1. The monoisotopic (exact) mass is 358 g/mol. The third kappa shape index (κ3) is 4.04. The van der Waals surface area contributed by atoms with Gasteiger partial charge in [-0.25, -0.2) is 0 Å². The molecule has 0 fully saturated rings. The van der Waals surface area contributed by atoms with Gasteiger partial charge in [0.1, 0.15) is 0 Å². The largest absolute Gasteiger partial charge is 0.325 e. The van der Waals surface area contributed by atoms with E-state index in [4.69, 9.17) is 0 Å². The van der Waals surface area contributed by atoms with Crippen molar-refractivity contribution in [3.63, 3.8) is 0 Å². The summed E-state index contributed by atoms with van der Waals surface area (Å²) in [5.74, 6) is 1.12. The molecule has 0 saturated heterocycles. The van der Waals surface area contributed by atoms with Gasteiger partial charge in [0.2, 0.25) is 5.91 Å². The van der Waals surface area contributed by atoms with Gasteiger partial charge in [0.15, 0.2) is 11.0 Å². The number of nitrogens with one attached hydrogen (secondary N) is 1. The van der Waals surface area contributed by atoms with Crippen LogP contribution in [-0.2, 0) is 11.3 Å². The van der Waals surface area contributed by atoms with Gasteiger partial charge in [-0.05, 0) is 30.0 Å². The molecule has 1 aromatic carbocycles. The topological polar surface area (TPSA) is 59.8 Å². The zero-order valence-corrected chi connectivity index (χ0v) is 14.9. The number of hydrogen-bond donors (Lipinski definition) is 1. The van der Waals surface area contributed by atoms with E-state index >= 15 is 0 Å². The second-order valence-corrected chi connectivity index (χ2v) is 6.90. The molecule has 0 aliphatic carbocycles. The molecular formula is C17H18N4OS2. The average Bonchev–Trinajstić information content (AvgIpc) is 3.24. The lowest BCUT2D eigenvalue weighted by Gasteiger charge is -2.08. The highest BCUT2D eigenvalue weighted by Gasteiger charge is 2.15. The van der Waals surface area contributed by atoms with E-state index in [1.807, 2.05) is 41.8 Å². The van der Waals surface area contributed by atoms with E-state index < -0.39 is 0 Å². The summed E-state index contributed by atoms with van der Waals surface area (Å²) in [7, 11) is 0. The molecule has 0 spiro atoms. The summed E-state index contributed by atoms with van der Waals surface area (Å²) < 4.78 is 2.09. The number of thioether (sulfide) groups is 1. The first kappa shape index (κ1) is 16.7. The fraction of sp³-hybridized carbons (Fsp3) is 0.235. The third-order valence-corrected chi connectivity index (χ3v) is 4.98. The highest BCUT2D eigenvalue weighted by Crippen LogP contribution is 2.26. The lowest BCUT2D eigenvalue weighted by Crippen LogP contribution is -2.14. The van der Waals surface area contributed by atoms with Crippen LogP contribution in [0, 0.1) is 0 Å². The second kappa shape index (κ2) is 8.12. The molecule has 124 valence electrons. The van der Waals surface area contributed by atoms with Gasteiger partial charge < -0.3 is 9.88 Å². The van der Waals surface area contributed by atoms with Crippen LogP contribution in [0.5, 0.6) is 0 Å². The Labute approximate surface area is 149 Å². The Morgan fingerprint density at radius 2 is 2.08 bits per heavy atom. The Balaban J connectivity index is 1.67. The molecule has 1 N–H and O–H groups in total. The first-order valence-electron chi connectivity index (χ1n) is 7.71. The fourth-order valence-electron chi connectivity index (χ4n) is 2.27. The normalized spacial score (nSPS) is 10.7. The van der Waals surface area contributed by atoms with Crippen LogP contribution in [0.15, 0.2) is 52.3 Å². The van der Waals surface area contributed by atoms with Crippen LogP contribution in [0.25, 0.3) is 11.4 Å². The Morgan fingerprint density at radius 1 is 1.25 bits per heavy atom. The maximum atomic E-state index is 12.1. The first-order valence-corrected chi connectivity index (χ1v) is 9.64. The molecule has 3 rings (SSSR count). The molecule has 3 aromatic rings. The van der Waals surface area contributed by atoms with Crippen LogP contribution in [0.2, 0.25) is 0 Å². The summed E-state index contributed by atoms with van der Waals surface area (Å²) in [4.78, 5) is 12.1. The van der Waals surface area contributed by atoms with Crippen LogP contribution >= 0.6 is 23.1 Å². The number of carbonyl (C=O) groups excluding carboxylic acids is 1. The molecule has 0 atom stereocenters. The minimum atomic E-state index is -0.0469. The van der Waals surface area contributed by atoms with Crippen LogP contribution in [0.4, 0.5) is 5.69 Å². The molecule has 5 nitrogen and oxygen atoms in total. The molecule has 0 aliphatic rings. The van der Waals surface area contributed by atoms with Crippen molar-refractivity contribution in [2.45, 2.75) is 25.0 Å². The van der Waals surface area contributed by atoms with E-state index in [1.165, 1.54) is 11.8 Å². The fourth-order valence-corrected chi connectivity index (χ4v) is 3.67. The quantitative estimate of drug-likeness (QED) is 0.645. The summed E-state index contributed by atoms with van der Waals surface area (Å²) in [5, 5.41) is 16.3. The van der Waals surface area contributed by atoms with Crippen molar-refractivity contribution in [2.75, 3.05) is 11.1 Å². The van der Waals surface area contributed by atoms with Crippen LogP contribution < -0.4 is 5.32 Å². The van der Waals surface area contributed by atoms with Gasteiger partial charge in [-0.1, -0.05) is 36.9 Å². The Hall–Kier alpha value is -2.12. The second-order valence-electron chi connectivity index (χ2n) is 5.17. The minimum absolute atomic E-state index is 0.0469. The van der Waals surface area contributed by atoms with E-state index in [0.717, 1.165) is 35.2 Å². The number of nitrogens with zero attached hydrogens (tertiary/aromatic N) is 3. The number of hydrogen-bond acceptors (Lipinski definition) is 5. The van der Waals surface area contributed by atoms with Gasteiger partial charge in [-0.15, -0.1) is 10.2 Å². The molecule has 24 heavy (non-hydrogen) atoms. The number of thiophene rings is 1. The summed E-state index contributed by atoms with van der Waals surface area (Å²) in [6, 6.07) is 11.5. The van der Waals surface area contributed by atoms with E-state index in [9.17, 15) is 4.79 Å². The number of aromatic nitrogens is 3. The molecule has 0 unspecified atom stereocenters. The summed E-state index contributed by atoms with van der Waals surface area (Å²) in [6.07, 6.45) is 0.985. The van der Waals surface area contributed by atoms with Crippen molar-refractivity contribution >= 4 is 34.7 Å². The minimum Gasteiger partial charge on any atom is -0.325 e. The Bertz CT molecular complexity index is 784. The molecular weight excluding hydrogens is 340 g/mol. The summed E-state index contributed by atoms with van der Waals surface area (Å²) >= 11 is 3.05. The number of rotatable bonds is 7. The van der Waals surface area contributed by atoms with E-state index in [1.54, 1.807) is 11.3 Å². The zero-order valence-electron chi connectivity index (χ0n) is 13.3. The SMILES string of the molecule is CCCn1c(SCC(=O)Nc2ccccc2)nnc1-c1ccsc1. The predicted octanol–water partition coefficient (Wildman–Crippen LogP) is 4.15. The van der Waals surface area contributed by atoms with Crippen molar-refractivity contribution in [1.29, 1.82) is 0 Å². The van der Waals surface area contributed by atoms with E-state index in [0.29, 0.717) is 5.75 Å². The molecule has 0 radical (unpaired) electrons. The number of amides is 1. The Kier molecular flexibility index (Phi) is 5.66. The van der Waals surface area contributed by atoms with Crippen molar-refractivity contribution in [3.8, 4) is 11.4 Å². The molecule has 0 saturated carbocycles. The van der Waals surface area contributed by atoms with Crippen LogP contribution in [0.3, 0.4) is 0 Å². The summed E-state index contributed by atoms with van der Waals surface area (Å²) in [5.41, 5.74) is 1.87. The smallest absolute Gasteiger partial charge is 0.234 e. The molecule has 0 aliphatic heterocycles. The average molecular weight is 358 g/mol. The van der Waals surface area contributed by atoms with Crippen LogP contribution in [0.1, 0.15) is 13.3 Å². The van der Waals surface area contributed by atoms with Gasteiger partial charge in [0, 0.05) is 23.2 Å². The first-order chi connectivity index (χ1) is 11.8. The summed E-state index contributed by atoms with van der Waals surface area (Å²) in [6.45, 7) is 2.95. The highest BCUT2D eigenvalue weighted by atomic mass is 32.2. The third-order valence-electron chi connectivity index (χ3n) is 3.33. The lowest BCUT2D eigenvalue weighted by molar-refractivity contribution is -0.113. The zero-order chi connectivity index (χ0) is 16.8. The maximum Gasteiger partial charge on any atom is 0.234 e. The Morgan fingerprint density at radius 3 is 2.79 bits per heavy atom. The maximum absolute atomic E-state index is 12.1. The van der Waals surface area contributed by atoms with Gasteiger partial charge in [0.05, 0.1) is 5.75 Å². The van der Waals surface area contributed by atoms with Crippen molar-refractivity contribution in [2.24, 2.45) is 0 Å². The van der Waals surface area contributed by atoms with Crippen LogP contribution in [-0.4, -0.2) is 26.4 Å². The van der Waals surface area contributed by atoms with Gasteiger partial charge in [0.25, 0.3) is 0 Å². The van der Waals surface area contributed by atoms with E-state index in [2.05, 4.69) is 32.4 Å². The lowest BCUT2D eigenvalue weighted by atomic mass is 10.3. The van der Waals surface area contributed by atoms with Gasteiger partial charge in [-0.3, -0.25) is 4.79 Å². The number of para-hydroxylation sites is 1. The van der Waals surface area contributed by atoms with Crippen molar-refractivity contribution in [3.05, 3.63) is 47.2 Å². The molecule has 1 amide bonds. The number of anilines is 1. The predicted molar refractivity (Wildman–Crippen MR) is 99.4 cm³/mol. The standard InChI is InChI=1S/C17H18N4OS2/c1-2-9-21-16(13-8-10-23-11-13)19-20-17(21)24-12-15(22)18-14-6-4-3-5-7-14/h3-8,10-11H,2,9,12H2,1H3,(H,18,22). The van der Waals surface area contributed by atoms with E-state index in [-0.39, 0.29) is 5.91 Å². The molecule has 0 bridgehead atoms. The molecule has 7 heteroatoms.